The molecule has 2 aromatic carbocycles. The van der Waals surface area contributed by atoms with Gasteiger partial charge in [-0.2, -0.15) is 0 Å². The number of hydrogen-bond donors (Lipinski definition) is 0. The highest BCUT2D eigenvalue weighted by Gasteiger charge is 2.04. The van der Waals surface area contributed by atoms with Crippen LogP contribution in [0.25, 0.3) is 0 Å². The molecule has 21 heavy (non-hydrogen) atoms. The van der Waals surface area contributed by atoms with Crippen LogP contribution in [0.2, 0.25) is 0 Å². The van der Waals surface area contributed by atoms with Gasteiger partial charge in [-0.3, -0.25) is 0 Å². The SMILES string of the molecule is COc1ccc(OCCCCc2ccccc2)c(CCl)c1. The summed E-state index contributed by atoms with van der Waals surface area (Å²) in [5.74, 6) is 2.09. The molecule has 0 aliphatic carbocycles. The molecule has 0 saturated carbocycles. The zero-order valence-corrected chi connectivity index (χ0v) is 13.1. The van der Waals surface area contributed by atoms with Gasteiger partial charge in [0, 0.05) is 5.56 Å². The van der Waals surface area contributed by atoms with Crippen LogP contribution in [0.1, 0.15) is 24.0 Å². The van der Waals surface area contributed by atoms with E-state index in [1.54, 1.807) is 7.11 Å². The Bertz CT molecular complexity index is 540. The molecule has 0 aromatic heterocycles. The van der Waals surface area contributed by atoms with Gasteiger partial charge in [0.15, 0.2) is 0 Å². The molecule has 0 aliphatic heterocycles. The van der Waals surface area contributed by atoms with Crippen molar-refractivity contribution in [3.05, 3.63) is 59.7 Å². The highest BCUT2D eigenvalue weighted by atomic mass is 35.5. The standard InChI is InChI=1S/C18H21ClO2/c1-20-17-10-11-18(16(13-17)14-19)21-12-6-5-9-15-7-3-2-4-8-15/h2-4,7-8,10-11,13H,5-6,9,12,14H2,1H3. The van der Waals surface area contributed by atoms with E-state index in [-0.39, 0.29) is 0 Å². The predicted octanol–water partition coefficient (Wildman–Crippen LogP) is 4.84. The molecule has 0 radical (unpaired) electrons. The Morgan fingerprint density at radius 2 is 1.81 bits per heavy atom. The maximum atomic E-state index is 5.95. The fourth-order valence-corrected chi connectivity index (χ4v) is 2.39. The van der Waals surface area contributed by atoms with E-state index in [0.717, 1.165) is 36.3 Å². The number of rotatable bonds is 8. The van der Waals surface area contributed by atoms with Crippen molar-refractivity contribution in [2.45, 2.75) is 25.1 Å². The first-order valence-corrected chi connectivity index (χ1v) is 7.76. The zero-order valence-electron chi connectivity index (χ0n) is 12.3. The fourth-order valence-electron chi connectivity index (χ4n) is 2.19. The van der Waals surface area contributed by atoms with Crippen molar-refractivity contribution in [1.29, 1.82) is 0 Å². The Morgan fingerprint density at radius 1 is 1.00 bits per heavy atom. The molecule has 2 aromatic rings. The highest BCUT2D eigenvalue weighted by Crippen LogP contribution is 2.25. The highest BCUT2D eigenvalue weighted by molar-refractivity contribution is 6.17. The Kier molecular flexibility index (Phi) is 6.42. The topological polar surface area (TPSA) is 18.5 Å². The van der Waals surface area contributed by atoms with Gasteiger partial charge in [0.05, 0.1) is 19.6 Å². The lowest BCUT2D eigenvalue weighted by atomic mass is 10.1. The van der Waals surface area contributed by atoms with E-state index in [4.69, 9.17) is 21.1 Å². The van der Waals surface area contributed by atoms with Gasteiger partial charge in [0.1, 0.15) is 11.5 Å². The summed E-state index contributed by atoms with van der Waals surface area (Å²) in [6.07, 6.45) is 3.24. The number of unbranched alkanes of at least 4 members (excludes halogenated alkanes) is 1. The summed E-state index contributed by atoms with van der Waals surface area (Å²) in [6.45, 7) is 0.711. The average Bonchev–Trinajstić information content (AvgIpc) is 2.55. The average molecular weight is 305 g/mol. The van der Waals surface area contributed by atoms with Crippen molar-refractivity contribution in [3.63, 3.8) is 0 Å². The number of hydrogen-bond acceptors (Lipinski definition) is 2. The van der Waals surface area contributed by atoms with Gasteiger partial charge in [0.2, 0.25) is 0 Å². The Morgan fingerprint density at radius 3 is 2.52 bits per heavy atom. The molecule has 0 atom stereocenters. The summed E-state index contributed by atoms with van der Waals surface area (Å²) in [6, 6.07) is 16.3. The van der Waals surface area contributed by atoms with E-state index in [9.17, 15) is 0 Å². The molecule has 0 heterocycles. The second kappa shape index (κ2) is 8.58. The van der Waals surface area contributed by atoms with E-state index >= 15 is 0 Å². The molecule has 2 rings (SSSR count). The summed E-state index contributed by atoms with van der Waals surface area (Å²) in [5.41, 5.74) is 2.35. The van der Waals surface area contributed by atoms with Gasteiger partial charge in [0.25, 0.3) is 0 Å². The third-order valence-electron chi connectivity index (χ3n) is 3.37. The number of alkyl halides is 1. The van der Waals surface area contributed by atoms with Crippen molar-refractivity contribution in [2.75, 3.05) is 13.7 Å². The molecule has 2 nitrogen and oxygen atoms in total. The lowest BCUT2D eigenvalue weighted by molar-refractivity contribution is 0.304. The maximum absolute atomic E-state index is 5.95. The zero-order chi connectivity index (χ0) is 14.9. The van der Waals surface area contributed by atoms with E-state index in [1.807, 2.05) is 24.3 Å². The van der Waals surface area contributed by atoms with Crippen LogP contribution in [0.15, 0.2) is 48.5 Å². The van der Waals surface area contributed by atoms with E-state index in [1.165, 1.54) is 5.56 Å². The smallest absolute Gasteiger partial charge is 0.123 e. The number of aryl methyl sites for hydroxylation is 1. The second-order valence-corrected chi connectivity index (χ2v) is 5.17. The van der Waals surface area contributed by atoms with Gasteiger partial charge in [-0.05, 0) is 43.0 Å². The van der Waals surface area contributed by atoms with E-state index < -0.39 is 0 Å². The lowest BCUT2D eigenvalue weighted by Crippen LogP contribution is -2.01. The quantitative estimate of drug-likeness (QED) is 0.513. The van der Waals surface area contributed by atoms with Crippen LogP contribution >= 0.6 is 11.6 Å². The Hall–Kier alpha value is -1.67. The number of halogens is 1. The van der Waals surface area contributed by atoms with Crippen molar-refractivity contribution >= 4 is 11.6 Å². The molecular weight excluding hydrogens is 284 g/mol. The Balaban J connectivity index is 1.76. The van der Waals surface area contributed by atoms with Crippen LogP contribution < -0.4 is 9.47 Å². The molecule has 0 aliphatic rings. The van der Waals surface area contributed by atoms with Crippen LogP contribution in [-0.2, 0) is 12.3 Å². The van der Waals surface area contributed by atoms with Crippen molar-refractivity contribution in [3.8, 4) is 11.5 Å². The minimum Gasteiger partial charge on any atom is -0.497 e. The summed E-state index contributed by atoms with van der Waals surface area (Å²) in [7, 11) is 1.65. The molecule has 0 N–H and O–H groups in total. The fraction of sp³-hybridized carbons (Fsp3) is 0.333. The van der Waals surface area contributed by atoms with Gasteiger partial charge >= 0.3 is 0 Å². The Labute approximate surface area is 131 Å². The van der Waals surface area contributed by atoms with E-state index in [2.05, 4.69) is 24.3 Å². The minimum absolute atomic E-state index is 0.427. The summed E-state index contributed by atoms with van der Waals surface area (Å²) < 4.78 is 11.0. The maximum Gasteiger partial charge on any atom is 0.123 e. The molecular formula is C18H21ClO2. The molecule has 0 amide bonds. The number of benzene rings is 2. The van der Waals surface area contributed by atoms with Crippen LogP contribution in [-0.4, -0.2) is 13.7 Å². The largest absolute Gasteiger partial charge is 0.497 e. The number of ether oxygens (including phenoxy) is 2. The van der Waals surface area contributed by atoms with Gasteiger partial charge in [-0.25, -0.2) is 0 Å². The summed E-state index contributed by atoms with van der Waals surface area (Å²) in [4.78, 5) is 0. The van der Waals surface area contributed by atoms with Gasteiger partial charge in [-0.15, -0.1) is 11.6 Å². The van der Waals surface area contributed by atoms with Gasteiger partial charge < -0.3 is 9.47 Å². The normalized spacial score (nSPS) is 10.4. The van der Waals surface area contributed by atoms with Crippen LogP contribution in [0.4, 0.5) is 0 Å². The molecule has 0 bridgehead atoms. The minimum atomic E-state index is 0.427. The molecule has 0 fully saturated rings. The van der Waals surface area contributed by atoms with Crippen LogP contribution in [0.3, 0.4) is 0 Å². The third-order valence-corrected chi connectivity index (χ3v) is 3.66. The molecule has 3 heteroatoms. The molecule has 0 spiro atoms. The first-order valence-electron chi connectivity index (χ1n) is 7.23. The van der Waals surface area contributed by atoms with Gasteiger partial charge in [-0.1, -0.05) is 30.3 Å². The van der Waals surface area contributed by atoms with E-state index in [0.29, 0.717) is 12.5 Å². The summed E-state index contributed by atoms with van der Waals surface area (Å²) >= 11 is 5.95. The van der Waals surface area contributed by atoms with Crippen molar-refractivity contribution < 1.29 is 9.47 Å². The second-order valence-electron chi connectivity index (χ2n) is 4.90. The van der Waals surface area contributed by atoms with Crippen LogP contribution in [0, 0.1) is 0 Å². The first-order chi connectivity index (χ1) is 10.3. The molecule has 0 unspecified atom stereocenters. The molecule has 0 saturated heterocycles. The van der Waals surface area contributed by atoms with Crippen LogP contribution in [0.5, 0.6) is 11.5 Å². The predicted molar refractivity (Wildman–Crippen MR) is 87.4 cm³/mol. The third kappa shape index (κ3) is 4.98. The van der Waals surface area contributed by atoms with Crippen molar-refractivity contribution in [2.24, 2.45) is 0 Å². The van der Waals surface area contributed by atoms with Crippen molar-refractivity contribution in [1.82, 2.24) is 0 Å². The summed E-state index contributed by atoms with van der Waals surface area (Å²) in [5, 5.41) is 0. The monoisotopic (exact) mass is 304 g/mol. The first kappa shape index (κ1) is 15.7. The molecule has 112 valence electrons. The lowest BCUT2D eigenvalue weighted by Gasteiger charge is -2.11. The number of methoxy groups -OCH3 is 1.